The van der Waals surface area contributed by atoms with E-state index in [1.165, 1.54) is 0 Å². The minimum atomic E-state index is -0.284. The van der Waals surface area contributed by atoms with Crippen molar-refractivity contribution >= 4 is 5.91 Å². The van der Waals surface area contributed by atoms with Gasteiger partial charge in [-0.05, 0) is 51.6 Å². The molecule has 0 bridgehead atoms. The molecule has 1 saturated heterocycles. The number of carbonyl (C=O) groups excluding carboxylic acids is 1. The molecule has 4 heteroatoms. The van der Waals surface area contributed by atoms with Crippen molar-refractivity contribution in [1.29, 1.82) is 0 Å². The number of hydrogen-bond donors (Lipinski definition) is 2. The van der Waals surface area contributed by atoms with Crippen LogP contribution in [0.4, 0.5) is 0 Å². The highest BCUT2D eigenvalue weighted by Gasteiger charge is 2.40. The molecule has 4 nitrogen and oxygen atoms in total. The molecule has 18 heavy (non-hydrogen) atoms. The zero-order valence-corrected chi connectivity index (χ0v) is 11.7. The van der Waals surface area contributed by atoms with Crippen LogP contribution in [0.15, 0.2) is 0 Å². The van der Waals surface area contributed by atoms with E-state index in [1.807, 2.05) is 0 Å². The molecule has 0 aromatic carbocycles. The van der Waals surface area contributed by atoms with Gasteiger partial charge in [0.05, 0.1) is 5.41 Å². The van der Waals surface area contributed by atoms with Gasteiger partial charge in [-0.1, -0.05) is 6.92 Å². The molecule has 0 aromatic heterocycles. The fourth-order valence-electron chi connectivity index (χ4n) is 3.23. The van der Waals surface area contributed by atoms with E-state index in [1.54, 1.807) is 0 Å². The summed E-state index contributed by atoms with van der Waals surface area (Å²) < 4.78 is 0. The Morgan fingerprint density at radius 2 is 2.06 bits per heavy atom. The number of nitrogens with zero attached hydrogens (tertiary/aromatic N) is 1. The summed E-state index contributed by atoms with van der Waals surface area (Å²) in [5, 5.41) is 3.22. The number of amides is 1. The number of likely N-dealkylation sites (N-methyl/N-ethyl adjacent to an activating group) is 1. The zero-order valence-electron chi connectivity index (χ0n) is 11.7. The molecule has 1 heterocycles. The van der Waals surface area contributed by atoms with Gasteiger partial charge in [-0.25, -0.2) is 0 Å². The standard InChI is InChI=1S/C14H27N3O/c1-11-3-6-14(10-15,7-4-11)13(18)16-12-5-8-17(2)9-12/h11-12H,3-10,15H2,1-2H3,(H,16,18). The number of hydrogen-bond acceptors (Lipinski definition) is 3. The topological polar surface area (TPSA) is 58.4 Å². The molecule has 2 rings (SSSR count). The van der Waals surface area contributed by atoms with Crippen molar-refractivity contribution in [2.75, 3.05) is 26.7 Å². The molecule has 2 aliphatic rings. The summed E-state index contributed by atoms with van der Waals surface area (Å²) in [6, 6.07) is 0.324. The van der Waals surface area contributed by atoms with Crippen molar-refractivity contribution in [2.45, 2.75) is 45.1 Å². The van der Waals surface area contributed by atoms with E-state index >= 15 is 0 Å². The van der Waals surface area contributed by atoms with Crippen LogP contribution in [0, 0.1) is 11.3 Å². The Balaban J connectivity index is 1.93. The van der Waals surface area contributed by atoms with Crippen molar-refractivity contribution in [3.05, 3.63) is 0 Å². The van der Waals surface area contributed by atoms with E-state index in [-0.39, 0.29) is 11.3 Å². The summed E-state index contributed by atoms with van der Waals surface area (Å²) in [6.45, 7) is 4.82. The molecular weight excluding hydrogens is 226 g/mol. The van der Waals surface area contributed by atoms with Crippen molar-refractivity contribution in [2.24, 2.45) is 17.1 Å². The summed E-state index contributed by atoms with van der Waals surface area (Å²) in [6.07, 6.45) is 5.25. The van der Waals surface area contributed by atoms with Gasteiger partial charge in [0, 0.05) is 19.1 Å². The maximum absolute atomic E-state index is 12.5. The number of rotatable bonds is 3. The van der Waals surface area contributed by atoms with Gasteiger partial charge < -0.3 is 16.0 Å². The first kappa shape index (κ1) is 13.8. The molecule has 104 valence electrons. The van der Waals surface area contributed by atoms with Gasteiger partial charge in [0.1, 0.15) is 0 Å². The Morgan fingerprint density at radius 3 is 2.56 bits per heavy atom. The molecule has 0 spiro atoms. The van der Waals surface area contributed by atoms with E-state index < -0.39 is 0 Å². The van der Waals surface area contributed by atoms with Crippen LogP contribution in [0.3, 0.4) is 0 Å². The Morgan fingerprint density at radius 1 is 1.39 bits per heavy atom. The van der Waals surface area contributed by atoms with Crippen molar-refractivity contribution in [3.8, 4) is 0 Å². The third-order valence-electron chi connectivity index (χ3n) is 4.83. The Bertz CT molecular complexity index is 297. The lowest BCUT2D eigenvalue weighted by Crippen LogP contribution is -2.51. The predicted molar refractivity (Wildman–Crippen MR) is 73.2 cm³/mol. The SMILES string of the molecule is CC1CCC(CN)(C(=O)NC2CCN(C)C2)CC1. The molecule has 1 aliphatic heterocycles. The average Bonchev–Trinajstić information content (AvgIpc) is 2.76. The smallest absolute Gasteiger partial charge is 0.227 e. The minimum absolute atomic E-state index is 0.206. The lowest BCUT2D eigenvalue weighted by molar-refractivity contribution is -0.133. The van der Waals surface area contributed by atoms with Gasteiger partial charge in [0.15, 0.2) is 0 Å². The molecular formula is C14H27N3O. The van der Waals surface area contributed by atoms with Crippen LogP contribution < -0.4 is 11.1 Å². The van der Waals surface area contributed by atoms with Crippen LogP contribution >= 0.6 is 0 Å². The fourth-order valence-corrected chi connectivity index (χ4v) is 3.23. The van der Waals surface area contributed by atoms with Crippen LogP contribution in [0.5, 0.6) is 0 Å². The van der Waals surface area contributed by atoms with E-state index in [0.717, 1.165) is 51.1 Å². The monoisotopic (exact) mass is 253 g/mol. The largest absolute Gasteiger partial charge is 0.352 e. The number of nitrogens with two attached hydrogens (primary N) is 1. The van der Waals surface area contributed by atoms with Crippen LogP contribution in [-0.4, -0.2) is 43.5 Å². The first-order valence-electron chi connectivity index (χ1n) is 7.25. The summed E-state index contributed by atoms with van der Waals surface area (Å²) in [7, 11) is 2.10. The Kier molecular flexibility index (Phi) is 4.28. The highest BCUT2D eigenvalue weighted by atomic mass is 16.2. The number of carbonyl (C=O) groups is 1. The van der Waals surface area contributed by atoms with Gasteiger partial charge in [-0.15, -0.1) is 0 Å². The van der Waals surface area contributed by atoms with Crippen LogP contribution in [-0.2, 0) is 4.79 Å². The molecule has 2 fully saturated rings. The molecule has 3 N–H and O–H groups in total. The number of nitrogens with one attached hydrogen (secondary N) is 1. The van der Waals surface area contributed by atoms with Crippen LogP contribution in [0.25, 0.3) is 0 Å². The fraction of sp³-hybridized carbons (Fsp3) is 0.929. The maximum atomic E-state index is 12.5. The average molecular weight is 253 g/mol. The highest BCUT2D eigenvalue weighted by Crippen LogP contribution is 2.38. The lowest BCUT2D eigenvalue weighted by Gasteiger charge is -2.37. The normalized spacial score (nSPS) is 37.7. The van der Waals surface area contributed by atoms with Gasteiger partial charge in [0.2, 0.25) is 5.91 Å². The van der Waals surface area contributed by atoms with Crippen LogP contribution in [0.1, 0.15) is 39.0 Å². The summed E-state index contributed by atoms with van der Waals surface area (Å²) in [5.41, 5.74) is 5.63. The zero-order chi connectivity index (χ0) is 13.2. The van der Waals surface area contributed by atoms with Crippen LogP contribution in [0.2, 0.25) is 0 Å². The van der Waals surface area contributed by atoms with Gasteiger partial charge in [-0.2, -0.15) is 0 Å². The Hall–Kier alpha value is -0.610. The third-order valence-corrected chi connectivity index (χ3v) is 4.83. The Labute approximate surface area is 110 Å². The van der Waals surface area contributed by atoms with E-state index in [2.05, 4.69) is 24.2 Å². The molecule has 1 aliphatic carbocycles. The van der Waals surface area contributed by atoms with Crippen molar-refractivity contribution in [3.63, 3.8) is 0 Å². The van der Waals surface area contributed by atoms with E-state index in [0.29, 0.717) is 12.6 Å². The highest BCUT2D eigenvalue weighted by molar-refractivity contribution is 5.83. The quantitative estimate of drug-likeness (QED) is 0.788. The molecule has 1 atom stereocenters. The maximum Gasteiger partial charge on any atom is 0.227 e. The van der Waals surface area contributed by atoms with Gasteiger partial charge >= 0.3 is 0 Å². The van der Waals surface area contributed by atoms with Crippen molar-refractivity contribution in [1.82, 2.24) is 10.2 Å². The molecule has 0 aromatic rings. The second-order valence-electron chi connectivity index (χ2n) is 6.39. The molecule has 1 saturated carbocycles. The lowest BCUT2D eigenvalue weighted by atomic mass is 9.70. The minimum Gasteiger partial charge on any atom is -0.352 e. The van der Waals surface area contributed by atoms with Gasteiger partial charge in [0.25, 0.3) is 0 Å². The summed E-state index contributed by atoms with van der Waals surface area (Å²) in [4.78, 5) is 14.8. The first-order valence-corrected chi connectivity index (χ1v) is 7.25. The first-order chi connectivity index (χ1) is 8.55. The van der Waals surface area contributed by atoms with Crippen molar-refractivity contribution < 1.29 is 4.79 Å². The molecule has 0 radical (unpaired) electrons. The van der Waals surface area contributed by atoms with E-state index in [4.69, 9.17) is 5.73 Å². The van der Waals surface area contributed by atoms with E-state index in [9.17, 15) is 4.79 Å². The molecule has 1 amide bonds. The summed E-state index contributed by atoms with van der Waals surface area (Å²) >= 11 is 0. The third kappa shape index (κ3) is 2.86. The second kappa shape index (κ2) is 5.57. The summed E-state index contributed by atoms with van der Waals surface area (Å²) in [5.74, 6) is 0.951. The van der Waals surface area contributed by atoms with Gasteiger partial charge in [-0.3, -0.25) is 4.79 Å². The number of likely N-dealkylation sites (tertiary alicyclic amines) is 1. The molecule has 1 unspecified atom stereocenters. The predicted octanol–water partition coefficient (Wildman–Crippen LogP) is 0.962. The second-order valence-corrected chi connectivity index (χ2v) is 6.39.